The molecule has 9 heteroatoms. The number of hydrogen-bond acceptors (Lipinski definition) is 5. The van der Waals surface area contributed by atoms with Crippen molar-refractivity contribution in [1.82, 2.24) is 15.6 Å². The van der Waals surface area contributed by atoms with Gasteiger partial charge >= 0.3 is 0 Å². The highest BCUT2D eigenvalue weighted by atomic mass is 19.2. The van der Waals surface area contributed by atoms with Crippen LogP contribution in [-0.4, -0.2) is 35.1 Å². The van der Waals surface area contributed by atoms with Crippen LogP contribution in [0, 0.1) is 17.6 Å². The quantitative estimate of drug-likeness (QED) is 0.451. The first-order chi connectivity index (χ1) is 17.4. The molecule has 2 aliphatic rings. The second-order valence-corrected chi connectivity index (χ2v) is 9.07. The standard InChI is InChI=1S/C27H25F2N5O2/c28-21-6-2-15(12-22(21)29)13-23(34-26(35)20-8-10-31-24(20)17-3-4-17)27(36)33-14-16-1-5-19-18(11-16)7-9-32-25(19)30/h1-2,5-9,11-12,17,23H,3-4,10,13-14H2,(H2,30,32)(H,33,36)(H,34,35)/t23-/m0/s1. The average molecular weight is 490 g/mol. The summed E-state index contributed by atoms with van der Waals surface area (Å²) in [4.78, 5) is 34.8. The minimum Gasteiger partial charge on any atom is -0.383 e. The molecule has 4 N–H and O–H groups in total. The Labute approximate surface area is 206 Å². The number of nitrogens with two attached hydrogens (primary N) is 1. The Morgan fingerprint density at radius 1 is 1.06 bits per heavy atom. The largest absolute Gasteiger partial charge is 0.383 e. The molecular formula is C27H25F2N5O2. The molecular weight excluding hydrogens is 464 g/mol. The van der Waals surface area contributed by atoms with Gasteiger partial charge in [-0.05, 0) is 59.7 Å². The van der Waals surface area contributed by atoms with E-state index < -0.39 is 29.5 Å². The zero-order valence-corrected chi connectivity index (χ0v) is 19.4. The molecule has 0 radical (unpaired) electrons. The van der Waals surface area contributed by atoms with Crippen LogP contribution in [0.3, 0.4) is 0 Å². The maximum Gasteiger partial charge on any atom is 0.253 e. The molecule has 7 nitrogen and oxygen atoms in total. The maximum atomic E-state index is 13.8. The van der Waals surface area contributed by atoms with Crippen LogP contribution in [0.4, 0.5) is 14.6 Å². The molecule has 184 valence electrons. The third-order valence-corrected chi connectivity index (χ3v) is 6.41. The molecule has 0 saturated heterocycles. The zero-order chi connectivity index (χ0) is 25.2. The van der Waals surface area contributed by atoms with E-state index in [4.69, 9.17) is 5.73 Å². The molecule has 2 amide bonds. The Morgan fingerprint density at radius 3 is 2.64 bits per heavy atom. The lowest BCUT2D eigenvalue weighted by molar-refractivity contribution is -0.127. The van der Waals surface area contributed by atoms with Gasteiger partial charge in [0.15, 0.2) is 11.6 Å². The fourth-order valence-electron chi connectivity index (χ4n) is 4.36. The van der Waals surface area contributed by atoms with Gasteiger partial charge in [-0.2, -0.15) is 0 Å². The molecule has 0 spiro atoms. The number of aliphatic imine (C=N–C) groups is 1. The molecule has 0 bridgehead atoms. The van der Waals surface area contributed by atoms with Gasteiger partial charge in [0.25, 0.3) is 5.91 Å². The summed E-state index contributed by atoms with van der Waals surface area (Å²) in [5.74, 6) is -2.10. The molecule has 1 saturated carbocycles. The van der Waals surface area contributed by atoms with Crippen molar-refractivity contribution in [2.24, 2.45) is 10.9 Å². The lowest BCUT2D eigenvalue weighted by Gasteiger charge is -2.20. The first-order valence-electron chi connectivity index (χ1n) is 11.8. The number of carbonyl (C=O) groups excluding carboxylic acids is 2. The van der Waals surface area contributed by atoms with Gasteiger partial charge in [0, 0.05) is 30.5 Å². The monoisotopic (exact) mass is 489 g/mol. The van der Waals surface area contributed by atoms with Gasteiger partial charge in [-0.1, -0.05) is 18.2 Å². The molecule has 3 aromatic rings. The molecule has 2 heterocycles. The molecule has 1 aliphatic carbocycles. The van der Waals surface area contributed by atoms with Crippen molar-refractivity contribution in [2.45, 2.75) is 31.8 Å². The second kappa shape index (κ2) is 9.85. The highest BCUT2D eigenvalue weighted by Crippen LogP contribution is 2.35. The van der Waals surface area contributed by atoms with Crippen molar-refractivity contribution >= 4 is 34.1 Å². The molecule has 1 aromatic heterocycles. The van der Waals surface area contributed by atoms with Crippen LogP contribution >= 0.6 is 0 Å². The molecule has 1 aliphatic heterocycles. The predicted molar refractivity (Wildman–Crippen MR) is 133 cm³/mol. The van der Waals surface area contributed by atoms with Crippen LogP contribution in [0.25, 0.3) is 10.8 Å². The summed E-state index contributed by atoms with van der Waals surface area (Å²) in [6, 6.07) is 9.86. The minimum absolute atomic E-state index is 0.00210. The van der Waals surface area contributed by atoms with Crippen molar-refractivity contribution < 1.29 is 18.4 Å². The third-order valence-electron chi connectivity index (χ3n) is 6.41. The number of halogens is 2. The number of nitrogen functional groups attached to an aromatic ring is 1. The maximum absolute atomic E-state index is 13.8. The predicted octanol–water partition coefficient (Wildman–Crippen LogP) is 3.23. The molecule has 36 heavy (non-hydrogen) atoms. The number of rotatable bonds is 8. The van der Waals surface area contributed by atoms with Crippen LogP contribution in [0.15, 0.2) is 65.3 Å². The summed E-state index contributed by atoms with van der Waals surface area (Å²) in [7, 11) is 0. The lowest BCUT2D eigenvalue weighted by Crippen LogP contribution is -2.48. The van der Waals surface area contributed by atoms with Crippen molar-refractivity contribution in [3.63, 3.8) is 0 Å². The van der Waals surface area contributed by atoms with Gasteiger partial charge in [-0.3, -0.25) is 14.6 Å². The molecule has 5 rings (SSSR count). The first kappa shape index (κ1) is 23.6. The fourth-order valence-corrected chi connectivity index (χ4v) is 4.36. The summed E-state index contributed by atoms with van der Waals surface area (Å²) in [5.41, 5.74) is 8.40. The molecule has 1 fully saturated rings. The Bertz CT molecular complexity index is 1410. The summed E-state index contributed by atoms with van der Waals surface area (Å²) >= 11 is 0. The van der Waals surface area contributed by atoms with E-state index in [1.165, 1.54) is 6.07 Å². The highest BCUT2D eigenvalue weighted by Gasteiger charge is 2.35. The number of aromatic nitrogens is 1. The normalized spacial score (nSPS) is 15.8. The zero-order valence-electron chi connectivity index (χ0n) is 19.4. The Hall–Kier alpha value is -4.14. The van der Waals surface area contributed by atoms with E-state index in [1.807, 2.05) is 24.3 Å². The number of anilines is 1. The average Bonchev–Trinajstić information content (AvgIpc) is 3.60. The lowest BCUT2D eigenvalue weighted by atomic mass is 10.0. The first-order valence-corrected chi connectivity index (χ1v) is 11.8. The summed E-state index contributed by atoms with van der Waals surface area (Å²) in [6.07, 6.45) is 5.36. The van der Waals surface area contributed by atoms with Gasteiger partial charge in [0.2, 0.25) is 5.91 Å². The van der Waals surface area contributed by atoms with Gasteiger partial charge in [-0.15, -0.1) is 0 Å². The number of carbonyl (C=O) groups is 2. The van der Waals surface area contributed by atoms with E-state index >= 15 is 0 Å². The third kappa shape index (κ3) is 5.10. The SMILES string of the molecule is Nc1nccc2cc(CNC(=O)[C@H](Cc3ccc(F)c(F)c3)NC(=O)C3=CCN=C3C3CC3)ccc12. The van der Waals surface area contributed by atoms with Crippen LogP contribution in [-0.2, 0) is 22.6 Å². The van der Waals surface area contributed by atoms with E-state index in [-0.39, 0.29) is 13.0 Å². The van der Waals surface area contributed by atoms with Crippen molar-refractivity contribution in [3.05, 3.63) is 83.1 Å². The number of amides is 2. The van der Waals surface area contributed by atoms with Gasteiger partial charge in [-0.25, -0.2) is 13.8 Å². The number of nitrogens with zero attached hydrogens (tertiary/aromatic N) is 2. The minimum atomic E-state index is -1.01. The van der Waals surface area contributed by atoms with Crippen LogP contribution < -0.4 is 16.4 Å². The summed E-state index contributed by atoms with van der Waals surface area (Å²) in [6.45, 7) is 0.648. The van der Waals surface area contributed by atoms with E-state index in [9.17, 15) is 18.4 Å². The van der Waals surface area contributed by atoms with Crippen molar-refractivity contribution in [2.75, 3.05) is 12.3 Å². The van der Waals surface area contributed by atoms with Crippen LogP contribution in [0.5, 0.6) is 0 Å². The topological polar surface area (TPSA) is 109 Å². The van der Waals surface area contributed by atoms with Crippen LogP contribution in [0.2, 0.25) is 0 Å². The van der Waals surface area contributed by atoms with Gasteiger partial charge in [0.1, 0.15) is 11.9 Å². The van der Waals surface area contributed by atoms with Gasteiger partial charge < -0.3 is 16.4 Å². The summed E-state index contributed by atoms with van der Waals surface area (Å²) < 4.78 is 27.2. The highest BCUT2D eigenvalue weighted by molar-refractivity contribution is 6.24. The van der Waals surface area contributed by atoms with Crippen molar-refractivity contribution in [1.29, 1.82) is 0 Å². The number of fused-ring (bicyclic) bond motifs is 1. The fraction of sp³-hybridized carbons (Fsp3) is 0.259. The van der Waals surface area contributed by atoms with E-state index in [2.05, 4.69) is 20.6 Å². The Balaban J connectivity index is 1.32. The van der Waals surface area contributed by atoms with Crippen molar-refractivity contribution in [3.8, 4) is 0 Å². The van der Waals surface area contributed by atoms with E-state index in [1.54, 1.807) is 12.3 Å². The Kier molecular flexibility index (Phi) is 6.45. The van der Waals surface area contributed by atoms with Gasteiger partial charge in [0.05, 0.1) is 17.8 Å². The summed E-state index contributed by atoms with van der Waals surface area (Å²) in [5, 5.41) is 7.34. The molecule has 2 aromatic carbocycles. The molecule has 0 unspecified atom stereocenters. The van der Waals surface area contributed by atoms with Crippen LogP contribution in [0.1, 0.15) is 24.0 Å². The second-order valence-electron chi connectivity index (χ2n) is 9.07. The van der Waals surface area contributed by atoms with E-state index in [0.29, 0.717) is 29.4 Å². The number of benzene rings is 2. The number of pyridine rings is 1. The molecule has 1 atom stereocenters. The smallest absolute Gasteiger partial charge is 0.253 e. The number of hydrogen-bond donors (Lipinski definition) is 3. The Morgan fingerprint density at radius 2 is 1.86 bits per heavy atom. The van der Waals surface area contributed by atoms with E-state index in [0.717, 1.165) is 47.0 Å². The number of nitrogens with one attached hydrogen (secondary N) is 2.